The molecule has 0 fully saturated rings. The molecular formula is C17H20N4O2. The number of aliphatic hydroxyl groups excluding tert-OH is 1. The minimum absolute atomic E-state index is 0.0902. The summed E-state index contributed by atoms with van der Waals surface area (Å²) < 4.78 is 3.01. The van der Waals surface area contributed by atoms with Crippen LogP contribution < -0.4 is 5.69 Å². The lowest BCUT2D eigenvalue weighted by Gasteiger charge is -2.21. The fourth-order valence-electron chi connectivity index (χ4n) is 2.60. The van der Waals surface area contributed by atoms with Crippen LogP contribution in [0.1, 0.15) is 5.56 Å². The Balaban J connectivity index is 1.70. The van der Waals surface area contributed by atoms with Gasteiger partial charge in [-0.2, -0.15) is 0 Å². The lowest BCUT2D eigenvalue weighted by Crippen LogP contribution is -2.33. The third-order valence-electron chi connectivity index (χ3n) is 3.78. The van der Waals surface area contributed by atoms with Crippen LogP contribution in [0, 0.1) is 0 Å². The van der Waals surface area contributed by atoms with Crippen LogP contribution in [0.4, 0.5) is 0 Å². The second kappa shape index (κ2) is 7.21. The normalized spacial score (nSPS) is 11.4. The Bertz CT molecular complexity index is 810. The third kappa shape index (κ3) is 3.67. The molecular weight excluding hydrogens is 292 g/mol. The lowest BCUT2D eigenvalue weighted by atomic mass is 10.2. The van der Waals surface area contributed by atoms with Crippen LogP contribution in [-0.4, -0.2) is 43.9 Å². The molecule has 0 spiro atoms. The second-order valence-electron chi connectivity index (χ2n) is 5.42. The van der Waals surface area contributed by atoms with Gasteiger partial charge in [-0.3, -0.25) is 9.30 Å². The first-order valence-corrected chi connectivity index (χ1v) is 7.69. The van der Waals surface area contributed by atoms with Gasteiger partial charge < -0.3 is 5.11 Å². The number of benzene rings is 1. The Kier molecular flexibility index (Phi) is 4.85. The van der Waals surface area contributed by atoms with Crippen LogP contribution in [0.5, 0.6) is 0 Å². The minimum atomic E-state index is -0.135. The number of fused-ring (bicyclic) bond motifs is 1. The Morgan fingerprint density at radius 1 is 1.04 bits per heavy atom. The molecule has 3 aromatic rings. The maximum atomic E-state index is 12.3. The van der Waals surface area contributed by atoms with E-state index in [1.807, 2.05) is 36.4 Å². The molecule has 0 aliphatic rings. The van der Waals surface area contributed by atoms with Gasteiger partial charge in [0.05, 0.1) is 13.2 Å². The third-order valence-corrected chi connectivity index (χ3v) is 3.78. The van der Waals surface area contributed by atoms with E-state index in [9.17, 15) is 9.90 Å². The second-order valence-corrected chi connectivity index (χ2v) is 5.42. The molecule has 120 valence electrons. The molecule has 0 saturated carbocycles. The van der Waals surface area contributed by atoms with E-state index in [-0.39, 0.29) is 12.3 Å². The van der Waals surface area contributed by atoms with Gasteiger partial charge in [-0.1, -0.05) is 36.4 Å². The van der Waals surface area contributed by atoms with Crippen molar-refractivity contribution in [3.05, 3.63) is 70.8 Å². The maximum absolute atomic E-state index is 12.3. The summed E-state index contributed by atoms with van der Waals surface area (Å²) in [4.78, 5) is 14.4. The van der Waals surface area contributed by atoms with Crippen LogP contribution in [0.2, 0.25) is 0 Å². The molecule has 0 amide bonds. The Hall–Kier alpha value is -2.44. The van der Waals surface area contributed by atoms with Crippen molar-refractivity contribution >= 4 is 5.65 Å². The van der Waals surface area contributed by atoms with E-state index in [0.29, 0.717) is 25.3 Å². The van der Waals surface area contributed by atoms with Gasteiger partial charge in [-0.25, -0.2) is 9.48 Å². The fraction of sp³-hybridized carbons (Fsp3) is 0.294. The molecule has 0 saturated heterocycles. The number of hydrogen-bond acceptors (Lipinski definition) is 4. The first-order chi connectivity index (χ1) is 11.3. The van der Waals surface area contributed by atoms with E-state index < -0.39 is 0 Å². The molecule has 6 nitrogen and oxygen atoms in total. The summed E-state index contributed by atoms with van der Waals surface area (Å²) in [7, 11) is 0. The average molecular weight is 312 g/mol. The van der Waals surface area contributed by atoms with E-state index >= 15 is 0 Å². The van der Waals surface area contributed by atoms with Gasteiger partial charge in [-0.05, 0) is 17.7 Å². The number of rotatable bonds is 7. The Labute approximate surface area is 134 Å². The van der Waals surface area contributed by atoms with Crippen molar-refractivity contribution in [3.63, 3.8) is 0 Å². The SMILES string of the molecule is O=c1n(CCN(CCO)Cc2ccccc2)nc2ccccn12. The van der Waals surface area contributed by atoms with Crippen molar-refractivity contribution in [2.24, 2.45) is 0 Å². The van der Waals surface area contributed by atoms with E-state index in [1.54, 1.807) is 6.20 Å². The summed E-state index contributed by atoms with van der Waals surface area (Å²) >= 11 is 0. The minimum Gasteiger partial charge on any atom is -0.395 e. The van der Waals surface area contributed by atoms with Crippen molar-refractivity contribution in [1.82, 2.24) is 19.1 Å². The molecule has 6 heteroatoms. The van der Waals surface area contributed by atoms with Gasteiger partial charge in [0.15, 0.2) is 5.65 Å². The molecule has 1 N–H and O–H groups in total. The molecule has 0 aliphatic heterocycles. The molecule has 3 rings (SSSR count). The van der Waals surface area contributed by atoms with Gasteiger partial charge in [0.2, 0.25) is 0 Å². The average Bonchev–Trinajstić information content (AvgIpc) is 2.90. The number of hydrogen-bond donors (Lipinski definition) is 1. The highest BCUT2D eigenvalue weighted by Gasteiger charge is 2.09. The predicted octanol–water partition coefficient (Wildman–Crippen LogP) is 0.990. The molecule has 2 heterocycles. The van der Waals surface area contributed by atoms with Crippen molar-refractivity contribution < 1.29 is 5.11 Å². The Morgan fingerprint density at radius 2 is 1.83 bits per heavy atom. The molecule has 0 unspecified atom stereocenters. The van der Waals surface area contributed by atoms with E-state index in [4.69, 9.17) is 0 Å². The van der Waals surface area contributed by atoms with E-state index in [0.717, 1.165) is 6.54 Å². The highest BCUT2D eigenvalue weighted by atomic mass is 16.3. The van der Waals surface area contributed by atoms with Gasteiger partial charge in [-0.15, -0.1) is 5.10 Å². The zero-order chi connectivity index (χ0) is 16.1. The van der Waals surface area contributed by atoms with Crippen LogP contribution in [-0.2, 0) is 13.1 Å². The van der Waals surface area contributed by atoms with Gasteiger partial charge in [0, 0.05) is 25.8 Å². The largest absolute Gasteiger partial charge is 0.395 e. The highest BCUT2D eigenvalue weighted by Crippen LogP contribution is 2.04. The van der Waals surface area contributed by atoms with Crippen molar-refractivity contribution in [1.29, 1.82) is 0 Å². The van der Waals surface area contributed by atoms with Crippen LogP contribution >= 0.6 is 0 Å². The van der Waals surface area contributed by atoms with E-state index in [2.05, 4.69) is 22.1 Å². The van der Waals surface area contributed by atoms with E-state index in [1.165, 1.54) is 14.6 Å². The summed E-state index contributed by atoms with van der Waals surface area (Å²) in [6, 6.07) is 15.6. The molecule has 0 radical (unpaired) electrons. The monoisotopic (exact) mass is 312 g/mol. The molecule has 23 heavy (non-hydrogen) atoms. The first kappa shape index (κ1) is 15.5. The van der Waals surface area contributed by atoms with Crippen LogP contribution in [0.15, 0.2) is 59.5 Å². The molecule has 0 atom stereocenters. The fourth-order valence-corrected chi connectivity index (χ4v) is 2.60. The summed E-state index contributed by atoms with van der Waals surface area (Å²) in [5.41, 5.74) is 1.70. The number of aliphatic hydroxyl groups is 1. The van der Waals surface area contributed by atoms with Gasteiger partial charge >= 0.3 is 5.69 Å². The lowest BCUT2D eigenvalue weighted by molar-refractivity contribution is 0.183. The maximum Gasteiger partial charge on any atom is 0.350 e. The molecule has 1 aromatic carbocycles. The van der Waals surface area contributed by atoms with Crippen LogP contribution in [0.25, 0.3) is 5.65 Å². The molecule has 0 aliphatic carbocycles. The summed E-state index contributed by atoms with van der Waals surface area (Å²) in [6.07, 6.45) is 1.72. The van der Waals surface area contributed by atoms with Crippen LogP contribution in [0.3, 0.4) is 0 Å². The first-order valence-electron chi connectivity index (χ1n) is 7.69. The summed E-state index contributed by atoms with van der Waals surface area (Å²) in [5.74, 6) is 0. The topological polar surface area (TPSA) is 62.8 Å². The van der Waals surface area contributed by atoms with Crippen molar-refractivity contribution in [2.45, 2.75) is 13.1 Å². The predicted molar refractivity (Wildman–Crippen MR) is 88.3 cm³/mol. The van der Waals surface area contributed by atoms with Gasteiger partial charge in [0.1, 0.15) is 0 Å². The molecule has 2 aromatic heterocycles. The summed E-state index contributed by atoms with van der Waals surface area (Å²) in [6.45, 7) is 2.54. The quantitative estimate of drug-likeness (QED) is 0.707. The smallest absolute Gasteiger partial charge is 0.350 e. The summed E-state index contributed by atoms with van der Waals surface area (Å²) in [5, 5.41) is 13.6. The number of aromatic nitrogens is 3. The van der Waals surface area contributed by atoms with Crippen molar-refractivity contribution in [2.75, 3.05) is 19.7 Å². The standard InChI is InChI=1S/C17H20N4O2/c22-13-12-19(14-15-6-2-1-3-7-15)10-11-21-17(23)20-9-5-4-8-16(20)18-21/h1-9,22H,10-14H2. The Morgan fingerprint density at radius 3 is 2.57 bits per heavy atom. The van der Waals surface area contributed by atoms with Gasteiger partial charge in [0.25, 0.3) is 0 Å². The highest BCUT2D eigenvalue weighted by molar-refractivity contribution is 5.35. The van der Waals surface area contributed by atoms with Crippen molar-refractivity contribution in [3.8, 4) is 0 Å². The zero-order valence-corrected chi connectivity index (χ0v) is 12.9. The number of nitrogens with zero attached hydrogens (tertiary/aromatic N) is 4. The zero-order valence-electron chi connectivity index (χ0n) is 12.9. The molecule has 0 bridgehead atoms. The number of pyridine rings is 1.